The summed E-state index contributed by atoms with van der Waals surface area (Å²) >= 11 is 2.18. The molecule has 39 heavy (non-hydrogen) atoms. The number of esters is 1. The standard InChI is InChI=1S/C28H31N3O6S2/c1-7-36-27(35)25-16(5)30-28(39-25)31-21(18-9-8-10-19(13-18)37-12-11-14(2)3)20(23(33)26(31)34)22(32)24-15(4)29-17(6)38-24/h8-10,13-14,21,33H,7,11-12H2,1-6H3. The highest BCUT2D eigenvalue weighted by Crippen LogP contribution is 2.45. The second kappa shape index (κ2) is 11.7. The van der Waals surface area contributed by atoms with Crippen LogP contribution in [0.4, 0.5) is 5.13 Å². The van der Waals surface area contributed by atoms with Gasteiger partial charge in [-0.1, -0.05) is 37.3 Å². The molecule has 1 aromatic carbocycles. The van der Waals surface area contributed by atoms with Crippen LogP contribution < -0.4 is 9.64 Å². The van der Waals surface area contributed by atoms with Gasteiger partial charge in [-0.2, -0.15) is 0 Å². The summed E-state index contributed by atoms with van der Waals surface area (Å²) in [6.45, 7) is 11.8. The highest BCUT2D eigenvalue weighted by atomic mass is 32.1. The van der Waals surface area contributed by atoms with E-state index in [2.05, 4.69) is 23.8 Å². The van der Waals surface area contributed by atoms with E-state index in [1.165, 1.54) is 16.2 Å². The number of rotatable bonds is 10. The van der Waals surface area contributed by atoms with Crippen LogP contribution in [-0.4, -0.2) is 45.9 Å². The summed E-state index contributed by atoms with van der Waals surface area (Å²) in [4.78, 5) is 50.6. The van der Waals surface area contributed by atoms with Gasteiger partial charge >= 0.3 is 5.97 Å². The number of hydrogen-bond donors (Lipinski definition) is 1. The molecule has 1 atom stereocenters. The van der Waals surface area contributed by atoms with E-state index in [9.17, 15) is 19.5 Å². The number of benzene rings is 1. The first-order valence-electron chi connectivity index (χ1n) is 12.7. The first-order valence-corrected chi connectivity index (χ1v) is 14.3. The quantitative estimate of drug-likeness (QED) is 0.236. The number of aryl methyl sites for hydroxylation is 3. The largest absolute Gasteiger partial charge is 0.503 e. The Bertz CT molecular complexity index is 1460. The first-order chi connectivity index (χ1) is 18.5. The molecule has 2 aromatic heterocycles. The SMILES string of the molecule is CCOC(=O)c1sc(N2C(=O)C(O)=C(C(=O)c3sc(C)nc3C)C2c2cccc(OCCC(C)C)c2)nc1C. The smallest absolute Gasteiger partial charge is 0.350 e. The minimum Gasteiger partial charge on any atom is -0.503 e. The molecule has 9 nitrogen and oxygen atoms in total. The van der Waals surface area contributed by atoms with Crippen molar-refractivity contribution < 1.29 is 29.0 Å². The normalized spacial score (nSPS) is 15.4. The minimum atomic E-state index is -0.999. The van der Waals surface area contributed by atoms with Crippen LogP contribution in [0.5, 0.6) is 5.75 Å². The van der Waals surface area contributed by atoms with Crippen LogP contribution in [0.3, 0.4) is 0 Å². The molecule has 0 bridgehead atoms. The van der Waals surface area contributed by atoms with E-state index < -0.39 is 29.5 Å². The maximum atomic E-state index is 13.8. The average Bonchev–Trinajstić information content (AvgIpc) is 3.51. The third kappa shape index (κ3) is 5.74. The average molecular weight is 570 g/mol. The Kier molecular flexibility index (Phi) is 8.51. The topological polar surface area (TPSA) is 119 Å². The number of hydrogen-bond acceptors (Lipinski definition) is 10. The van der Waals surface area contributed by atoms with Gasteiger partial charge in [-0.25, -0.2) is 14.8 Å². The van der Waals surface area contributed by atoms with Gasteiger partial charge in [0.05, 0.1) is 46.1 Å². The van der Waals surface area contributed by atoms with Crippen LogP contribution in [0.1, 0.15) is 74.5 Å². The number of nitrogens with zero attached hydrogens (tertiary/aromatic N) is 3. The number of carbonyl (C=O) groups excluding carboxylic acids is 3. The number of aliphatic hydroxyl groups excluding tert-OH is 1. The lowest BCUT2D eigenvalue weighted by Crippen LogP contribution is -2.31. The van der Waals surface area contributed by atoms with Crippen molar-refractivity contribution in [1.29, 1.82) is 0 Å². The van der Waals surface area contributed by atoms with Gasteiger partial charge in [-0.15, -0.1) is 11.3 Å². The molecule has 3 aromatic rings. The number of amides is 1. The molecule has 1 aliphatic heterocycles. The number of aromatic nitrogens is 2. The van der Waals surface area contributed by atoms with Crippen molar-refractivity contribution in [3.8, 4) is 5.75 Å². The molecule has 4 rings (SSSR count). The number of thiazole rings is 2. The highest BCUT2D eigenvalue weighted by molar-refractivity contribution is 7.17. The maximum Gasteiger partial charge on any atom is 0.350 e. The van der Waals surface area contributed by atoms with Gasteiger partial charge in [-0.3, -0.25) is 14.5 Å². The molecule has 0 saturated heterocycles. The van der Waals surface area contributed by atoms with Crippen molar-refractivity contribution in [3.63, 3.8) is 0 Å². The van der Waals surface area contributed by atoms with Crippen LogP contribution in [0, 0.1) is 26.7 Å². The molecular weight excluding hydrogens is 538 g/mol. The Labute approximate surface area is 235 Å². The van der Waals surface area contributed by atoms with Gasteiger partial charge in [0.2, 0.25) is 5.78 Å². The molecule has 1 N–H and O–H groups in total. The van der Waals surface area contributed by atoms with Gasteiger partial charge in [-0.05, 0) is 57.7 Å². The van der Waals surface area contributed by atoms with Crippen LogP contribution in [0.15, 0.2) is 35.6 Å². The second-order valence-corrected chi connectivity index (χ2v) is 11.7. The third-order valence-electron chi connectivity index (χ3n) is 6.15. The summed E-state index contributed by atoms with van der Waals surface area (Å²) in [5, 5.41) is 12.0. The molecule has 0 aliphatic carbocycles. The van der Waals surface area contributed by atoms with Crippen LogP contribution in [0.2, 0.25) is 0 Å². The Morgan fingerprint density at radius 2 is 1.82 bits per heavy atom. The molecule has 1 aliphatic rings. The van der Waals surface area contributed by atoms with Gasteiger partial charge in [0.1, 0.15) is 10.6 Å². The van der Waals surface area contributed by atoms with E-state index in [-0.39, 0.29) is 22.2 Å². The van der Waals surface area contributed by atoms with Crippen molar-refractivity contribution in [2.45, 2.75) is 54.0 Å². The molecule has 3 heterocycles. The molecule has 11 heteroatoms. The summed E-state index contributed by atoms with van der Waals surface area (Å²) in [5.41, 5.74) is 1.39. The van der Waals surface area contributed by atoms with E-state index >= 15 is 0 Å². The Balaban J connectivity index is 1.82. The number of aliphatic hydroxyl groups is 1. The Morgan fingerprint density at radius 3 is 2.46 bits per heavy atom. The first kappa shape index (κ1) is 28.4. The molecular formula is C28H31N3O6S2. The zero-order chi connectivity index (χ0) is 28.4. The molecule has 1 amide bonds. The van der Waals surface area contributed by atoms with Crippen LogP contribution >= 0.6 is 22.7 Å². The van der Waals surface area contributed by atoms with Crippen LogP contribution in [-0.2, 0) is 9.53 Å². The van der Waals surface area contributed by atoms with E-state index in [0.717, 1.165) is 17.8 Å². The van der Waals surface area contributed by atoms with Gasteiger partial charge in [0.25, 0.3) is 5.91 Å². The van der Waals surface area contributed by atoms with Gasteiger partial charge in [0, 0.05) is 0 Å². The van der Waals surface area contributed by atoms with E-state index in [0.29, 0.717) is 45.1 Å². The molecule has 0 saturated carbocycles. The molecule has 206 valence electrons. The lowest BCUT2D eigenvalue weighted by atomic mass is 9.95. The number of carbonyl (C=O) groups is 3. The minimum absolute atomic E-state index is 0.0726. The predicted molar refractivity (Wildman–Crippen MR) is 150 cm³/mol. The number of Topliss-reactive ketones (excluding diaryl/α,β-unsaturated/α-hetero) is 1. The van der Waals surface area contributed by atoms with Crippen molar-refractivity contribution in [2.75, 3.05) is 18.1 Å². The molecule has 0 radical (unpaired) electrons. The van der Waals surface area contributed by atoms with E-state index in [4.69, 9.17) is 9.47 Å². The number of ketones is 1. The van der Waals surface area contributed by atoms with Crippen LogP contribution in [0.25, 0.3) is 0 Å². The van der Waals surface area contributed by atoms with Crippen molar-refractivity contribution in [1.82, 2.24) is 9.97 Å². The fourth-order valence-corrected chi connectivity index (χ4v) is 6.13. The summed E-state index contributed by atoms with van der Waals surface area (Å²) in [5.74, 6) is -1.43. The van der Waals surface area contributed by atoms with Crippen molar-refractivity contribution >= 4 is 45.5 Å². The third-order valence-corrected chi connectivity index (χ3v) is 8.36. The highest BCUT2D eigenvalue weighted by Gasteiger charge is 2.47. The van der Waals surface area contributed by atoms with E-state index in [1.807, 2.05) is 0 Å². The molecule has 0 fully saturated rings. The summed E-state index contributed by atoms with van der Waals surface area (Å²) < 4.78 is 11.1. The Hall–Kier alpha value is -3.57. The molecule has 1 unspecified atom stereocenters. The fraction of sp³-hybridized carbons (Fsp3) is 0.393. The Morgan fingerprint density at radius 1 is 1.10 bits per heavy atom. The lowest BCUT2D eigenvalue weighted by molar-refractivity contribution is -0.117. The summed E-state index contributed by atoms with van der Waals surface area (Å²) in [6.07, 6.45) is 0.863. The van der Waals surface area contributed by atoms with E-state index in [1.54, 1.807) is 52.0 Å². The zero-order valence-corrected chi connectivity index (χ0v) is 24.4. The van der Waals surface area contributed by atoms with Crippen molar-refractivity contribution in [2.24, 2.45) is 5.92 Å². The molecule has 0 spiro atoms. The van der Waals surface area contributed by atoms with Gasteiger partial charge < -0.3 is 14.6 Å². The fourth-order valence-electron chi connectivity index (χ4n) is 4.27. The van der Waals surface area contributed by atoms with Gasteiger partial charge in [0.15, 0.2) is 10.9 Å². The maximum absolute atomic E-state index is 13.8. The summed E-state index contributed by atoms with van der Waals surface area (Å²) in [7, 11) is 0. The number of anilines is 1. The zero-order valence-electron chi connectivity index (χ0n) is 22.7. The predicted octanol–water partition coefficient (Wildman–Crippen LogP) is 5.91. The second-order valence-electron chi connectivity index (χ2n) is 9.55. The lowest BCUT2D eigenvalue weighted by Gasteiger charge is -2.25. The number of ether oxygens (including phenoxy) is 2. The van der Waals surface area contributed by atoms with Crippen molar-refractivity contribution in [3.05, 3.63) is 67.3 Å². The monoisotopic (exact) mass is 569 g/mol. The summed E-state index contributed by atoms with van der Waals surface area (Å²) in [6, 6.07) is 6.11.